The first-order chi connectivity index (χ1) is 50.2. The minimum absolute atomic E-state index is 0.0105. The minimum Gasteiger partial charge on any atom is -0.378 e. The van der Waals surface area contributed by atoms with E-state index >= 15 is 8.78 Å². The number of nitrogens with zero attached hydrogens (tertiary/aromatic N) is 8. The molecule has 4 aromatic rings. The van der Waals surface area contributed by atoms with E-state index in [0.717, 1.165) is 133 Å². The van der Waals surface area contributed by atoms with E-state index in [-0.39, 0.29) is 96.8 Å². The number of rotatable bonds is 29. The summed E-state index contributed by atoms with van der Waals surface area (Å²) in [5.41, 5.74) is 4.43. The number of halogens is 2. The summed E-state index contributed by atoms with van der Waals surface area (Å²) in [7, 11) is 1.70. The fraction of sp³-hybridized carbons (Fsp3) is 0.628. The summed E-state index contributed by atoms with van der Waals surface area (Å²) in [6.07, 6.45) is 12.5. The molecule has 2 aliphatic carbocycles. The molecule has 564 valence electrons. The molecular formula is C78H110F2N16O8. The fourth-order valence-electron chi connectivity index (χ4n) is 17.1. The van der Waals surface area contributed by atoms with Gasteiger partial charge in [0.25, 0.3) is 0 Å². The van der Waals surface area contributed by atoms with Gasteiger partial charge in [0, 0.05) is 135 Å². The number of ether oxygens (including phenoxy) is 1. The Bertz CT molecular complexity index is 3640. The van der Waals surface area contributed by atoms with Gasteiger partial charge in [-0.1, -0.05) is 81.6 Å². The normalized spacial score (nSPS) is 23.3. The van der Waals surface area contributed by atoms with Crippen LogP contribution >= 0.6 is 0 Å². The molecule has 8 N–H and O–H groups in total. The number of hydrogen-bond acceptors (Lipinski definition) is 17. The third-order valence-corrected chi connectivity index (χ3v) is 23.4. The van der Waals surface area contributed by atoms with Crippen LogP contribution in [-0.2, 0) is 64.4 Å². The number of carbonyl (C=O) groups excluding carboxylic acids is 7. The first kappa shape index (κ1) is 75.8. The van der Waals surface area contributed by atoms with Crippen molar-refractivity contribution < 1.29 is 47.1 Å². The fourth-order valence-corrected chi connectivity index (χ4v) is 17.1. The largest absolute Gasteiger partial charge is 0.378 e. The third-order valence-electron chi connectivity index (χ3n) is 23.4. The molecular weight excluding hydrogens is 1330 g/mol. The van der Waals surface area contributed by atoms with Crippen molar-refractivity contribution in [1.29, 1.82) is 0 Å². The van der Waals surface area contributed by atoms with Crippen LogP contribution in [0.1, 0.15) is 151 Å². The molecule has 0 bridgehead atoms. The number of likely N-dealkylation sites (tertiary alicyclic amines) is 4. The average Bonchev–Trinajstić information content (AvgIpc) is 0.938. The predicted molar refractivity (Wildman–Crippen MR) is 394 cm³/mol. The van der Waals surface area contributed by atoms with Gasteiger partial charge in [-0.15, -0.1) is 0 Å². The zero-order valence-corrected chi connectivity index (χ0v) is 61.4. The Labute approximate surface area is 611 Å². The maximum Gasteiger partial charge on any atom is 0.246 e. The van der Waals surface area contributed by atoms with E-state index in [9.17, 15) is 33.6 Å². The molecule has 7 heterocycles. The number of aromatic nitrogens is 2. The molecule has 6 aliphatic heterocycles. The lowest BCUT2D eigenvalue weighted by Crippen LogP contribution is -2.66. The zero-order valence-electron chi connectivity index (χ0n) is 61.4. The standard InChI is InChI=1S/C78H110F2N16O8/c1-52(81-4)74(101)89-73(56-15-6-5-7-16-56)76(103)96-48-60(38-66(96)75(102)88-64-19-11-17-55-14-8-9-18-61(55)64)87-71(99)21-20-69(97)82-27-34-104-35-33-93-46-58-44-92(45-59(58)47-93)28-22-70(98)84-42-54-13-10-12-53(36-54)41-83-67-40-68(86-51-85-67)94-31-25-78(26-32-94)50-95(49-72(100)90-78)65-39-62(79)57(37-63(65)80)43-91-29-23-77(2,3)24-30-91/h8-10,12-14,18,36-37,39-40,51-52,56,58-60,64,66,73,81H,5-7,11,15-17,19-35,38,41-50H2,1-4H3,(H,82,97)(H,84,98)(H,87,99)(H,88,102)(H,89,101)(H,90,100)(H,83,85,86)/t52-,58-,59+,60-,64-,66-,73-/m0/s1. The second kappa shape index (κ2) is 35.0. The van der Waals surface area contributed by atoms with Gasteiger partial charge in [-0.25, -0.2) is 18.7 Å². The van der Waals surface area contributed by atoms with Gasteiger partial charge in [-0.2, -0.15) is 0 Å². The molecule has 8 aliphatic rings. The molecule has 6 saturated heterocycles. The summed E-state index contributed by atoms with van der Waals surface area (Å²) in [6, 6.07) is 17.8. The molecule has 7 atom stereocenters. The topological polar surface area (TPSA) is 270 Å². The van der Waals surface area contributed by atoms with Gasteiger partial charge in [0.15, 0.2) is 0 Å². The number of likely N-dealkylation sites (N-methyl/N-ethyl adjacent to an activating group) is 1. The van der Waals surface area contributed by atoms with Gasteiger partial charge in [0.1, 0.15) is 41.7 Å². The van der Waals surface area contributed by atoms with Gasteiger partial charge in [-0.3, -0.25) is 38.5 Å². The first-order valence-corrected chi connectivity index (χ1v) is 38.4. The third kappa shape index (κ3) is 20.0. The van der Waals surface area contributed by atoms with E-state index in [0.29, 0.717) is 108 Å². The Morgan fingerprint density at radius 1 is 0.712 bits per heavy atom. The van der Waals surface area contributed by atoms with Crippen LogP contribution in [-0.4, -0.2) is 213 Å². The van der Waals surface area contributed by atoms with E-state index in [4.69, 9.17) is 4.74 Å². The summed E-state index contributed by atoms with van der Waals surface area (Å²) in [6.45, 7) is 17.4. The average molecular weight is 1440 g/mol. The highest BCUT2D eigenvalue weighted by atomic mass is 19.1. The van der Waals surface area contributed by atoms with Crippen molar-refractivity contribution >= 4 is 58.7 Å². The second-order valence-corrected chi connectivity index (χ2v) is 31.5. The Morgan fingerprint density at radius 3 is 2.19 bits per heavy atom. The van der Waals surface area contributed by atoms with Crippen molar-refractivity contribution in [2.24, 2.45) is 23.2 Å². The van der Waals surface area contributed by atoms with Crippen LogP contribution < -0.4 is 52.3 Å². The maximum absolute atomic E-state index is 15.8. The molecule has 24 nitrogen and oxygen atoms in total. The van der Waals surface area contributed by atoms with Crippen molar-refractivity contribution in [3.8, 4) is 0 Å². The van der Waals surface area contributed by atoms with Gasteiger partial charge < -0.3 is 71.8 Å². The van der Waals surface area contributed by atoms with Crippen LogP contribution in [0.3, 0.4) is 0 Å². The molecule has 0 unspecified atom stereocenters. The molecule has 0 radical (unpaired) electrons. The van der Waals surface area contributed by atoms with Crippen LogP contribution in [0.5, 0.6) is 0 Å². The number of hydrogen-bond donors (Lipinski definition) is 8. The Kier molecular flexibility index (Phi) is 25.5. The van der Waals surface area contributed by atoms with E-state index in [1.807, 2.05) is 42.5 Å². The number of aryl methyl sites for hydroxylation is 1. The molecule has 7 amide bonds. The molecule has 3 aromatic carbocycles. The smallest absolute Gasteiger partial charge is 0.246 e. The second-order valence-electron chi connectivity index (χ2n) is 31.5. The monoisotopic (exact) mass is 1440 g/mol. The van der Waals surface area contributed by atoms with Crippen LogP contribution in [0.15, 0.2) is 73.1 Å². The number of piperidine rings is 2. The molecule has 1 spiro atoms. The van der Waals surface area contributed by atoms with Gasteiger partial charge in [0.05, 0.1) is 43.1 Å². The number of nitrogens with one attached hydrogen (secondary N) is 8. The van der Waals surface area contributed by atoms with Crippen molar-refractivity contribution in [3.05, 3.63) is 113 Å². The van der Waals surface area contributed by atoms with Crippen molar-refractivity contribution in [3.63, 3.8) is 0 Å². The highest BCUT2D eigenvalue weighted by molar-refractivity contribution is 5.94. The summed E-state index contributed by atoms with van der Waals surface area (Å²) in [4.78, 5) is 117. The number of piperazine rings is 1. The number of benzene rings is 3. The molecule has 7 fully saturated rings. The molecule has 104 heavy (non-hydrogen) atoms. The van der Waals surface area contributed by atoms with Crippen LogP contribution in [0.2, 0.25) is 0 Å². The summed E-state index contributed by atoms with van der Waals surface area (Å²) in [5.74, 6) is -0.248. The van der Waals surface area contributed by atoms with Crippen LogP contribution in [0.25, 0.3) is 0 Å². The Hall–Kier alpha value is -7.91. The highest BCUT2D eigenvalue weighted by Gasteiger charge is 2.47. The number of anilines is 3. The van der Waals surface area contributed by atoms with Crippen LogP contribution in [0.4, 0.5) is 26.1 Å². The quantitative estimate of drug-likeness (QED) is 0.0303. The lowest BCUT2D eigenvalue weighted by atomic mass is 9.82. The lowest BCUT2D eigenvalue weighted by Gasteiger charge is -2.48. The Morgan fingerprint density at radius 2 is 1.43 bits per heavy atom. The van der Waals surface area contributed by atoms with Crippen LogP contribution in [0, 0.1) is 34.8 Å². The van der Waals surface area contributed by atoms with E-state index < -0.39 is 41.3 Å². The highest BCUT2D eigenvalue weighted by Crippen LogP contribution is 2.37. The Balaban J connectivity index is 0.509. The van der Waals surface area contributed by atoms with Crippen molar-refractivity contribution in [1.82, 2.24) is 66.8 Å². The summed E-state index contributed by atoms with van der Waals surface area (Å²) in [5, 5.41) is 24.9. The summed E-state index contributed by atoms with van der Waals surface area (Å²) < 4.78 is 37.4. The summed E-state index contributed by atoms with van der Waals surface area (Å²) >= 11 is 0. The van der Waals surface area contributed by atoms with E-state index in [1.165, 1.54) is 24.0 Å². The number of carbonyl (C=O) groups is 7. The maximum atomic E-state index is 15.8. The zero-order chi connectivity index (χ0) is 72.9. The molecule has 1 aromatic heterocycles. The molecule has 1 saturated carbocycles. The minimum atomic E-state index is -0.860. The SMILES string of the molecule is CN[C@@H](C)C(=O)N[C@H](C(=O)N1C[C@@H](NC(=O)CCC(=O)NCCOCCN2C[C@@H]3CN(CCC(=O)NCc4cccc(CNc5cc(N6CCC7(CC6)CN(c6cc(F)c(CN8CCC(C)(C)CC8)cc6F)CC(=O)N7)ncn5)c4)C[C@@H]3C2)C[C@H]1C(=O)N[C@H]1CCCc2ccccc21)C1CCCCC1. The number of amides is 7. The van der Waals surface area contributed by atoms with E-state index in [2.05, 4.69) is 98.1 Å². The first-order valence-electron chi connectivity index (χ1n) is 38.4. The van der Waals surface area contributed by atoms with Gasteiger partial charge in [-0.05, 0) is 143 Å². The predicted octanol–water partition coefficient (Wildman–Crippen LogP) is 5.70. The van der Waals surface area contributed by atoms with Gasteiger partial charge in [0.2, 0.25) is 41.4 Å². The molecule has 26 heteroatoms. The lowest BCUT2D eigenvalue weighted by molar-refractivity contribution is -0.143. The molecule has 12 rings (SSSR count). The van der Waals surface area contributed by atoms with Gasteiger partial charge >= 0.3 is 0 Å². The van der Waals surface area contributed by atoms with Crippen molar-refractivity contribution in [2.45, 2.75) is 179 Å². The van der Waals surface area contributed by atoms with Crippen molar-refractivity contribution in [2.75, 3.05) is 127 Å². The van der Waals surface area contributed by atoms with E-state index in [1.54, 1.807) is 23.8 Å². The number of fused-ring (bicyclic) bond motifs is 2.